The second kappa shape index (κ2) is 6.71. The van der Waals surface area contributed by atoms with Crippen LogP contribution in [0.1, 0.15) is 44.9 Å². The van der Waals surface area contributed by atoms with E-state index in [0.717, 1.165) is 45.4 Å². The lowest BCUT2D eigenvalue weighted by atomic mass is 9.71. The van der Waals surface area contributed by atoms with E-state index in [9.17, 15) is 4.79 Å². The zero-order valence-electron chi connectivity index (χ0n) is 12.4. The van der Waals surface area contributed by atoms with Gasteiger partial charge in [0.15, 0.2) is 0 Å². The minimum absolute atomic E-state index is 0.105. The molecule has 0 bridgehead atoms. The zero-order chi connectivity index (χ0) is 13.7. The molecule has 1 saturated heterocycles. The molecule has 2 aliphatic rings. The number of nitrogens with zero attached hydrogens (tertiary/aromatic N) is 2. The lowest BCUT2D eigenvalue weighted by Crippen LogP contribution is -2.41. The van der Waals surface area contributed by atoms with Gasteiger partial charge in [-0.2, -0.15) is 0 Å². The fraction of sp³-hybridized carbons (Fsp3) is 0.933. The fourth-order valence-electron chi connectivity index (χ4n) is 3.48. The van der Waals surface area contributed by atoms with Crippen molar-refractivity contribution in [1.82, 2.24) is 9.80 Å². The van der Waals surface area contributed by atoms with Crippen molar-refractivity contribution in [1.29, 1.82) is 0 Å². The number of carbonyl (C=O) groups is 1. The SMILES string of the molecule is CN1CCCN(C(=O)CC2(CN)CCCCC2)CC1. The van der Waals surface area contributed by atoms with Crippen molar-refractivity contribution >= 4 is 5.91 Å². The van der Waals surface area contributed by atoms with E-state index < -0.39 is 0 Å². The second-order valence-corrected chi connectivity index (χ2v) is 6.48. The molecular formula is C15H29N3O. The normalized spacial score (nSPS) is 25.1. The monoisotopic (exact) mass is 267 g/mol. The highest BCUT2D eigenvalue weighted by Gasteiger charge is 2.34. The van der Waals surface area contributed by atoms with Crippen LogP contribution in [0.5, 0.6) is 0 Å². The van der Waals surface area contributed by atoms with Crippen molar-refractivity contribution < 1.29 is 4.79 Å². The van der Waals surface area contributed by atoms with E-state index in [0.29, 0.717) is 18.9 Å². The Bertz CT molecular complexity index is 300. The second-order valence-electron chi connectivity index (χ2n) is 6.48. The Labute approximate surface area is 117 Å². The summed E-state index contributed by atoms with van der Waals surface area (Å²) in [5, 5.41) is 0. The van der Waals surface area contributed by atoms with Crippen LogP contribution in [0.2, 0.25) is 0 Å². The average Bonchev–Trinajstić information content (AvgIpc) is 2.64. The molecule has 1 saturated carbocycles. The van der Waals surface area contributed by atoms with Gasteiger partial charge in [-0.05, 0) is 44.8 Å². The van der Waals surface area contributed by atoms with E-state index in [1.165, 1.54) is 19.3 Å². The molecule has 0 aromatic rings. The van der Waals surface area contributed by atoms with Crippen LogP contribution >= 0.6 is 0 Å². The van der Waals surface area contributed by atoms with Crippen LogP contribution < -0.4 is 5.73 Å². The Kier molecular flexibility index (Phi) is 5.22. The van der Waals surface area contributed by atoms with Crippen molar-refractivity contribution in [2.45, 2.75) is 44.9 Å². The number of nitrogens with two attached hydrogens (primary N) is 1. The van der Waals surface area contributed by atoms with Gasteiger partial charge in [0.05, 0.1) is 0 Å². The van der Waals surface area contributed by atoms with Gasteiger partial charge in [-0.25, -0.2) is 0 Å². The number of hydrogen-bond donors (Lipinski definition) is 1. The predicted octanol–water partition coefficient (Wildman–Crippen LogP) is 1.45. The van der Waals surface area contributed by atoms with Crippen LogP contribution in [0.4, 0.5) is 0 Å². The molecule has 0 atom stereocenters. The van der Waals surface area contributed by atoms with Crippen molar-refractivity contribution in [3.63, 3.8) is 0 Å². The maximum atomic E-state index is 12.5. The summed E-state index contributed by atoms with van der Waals surface area (Å²) in [6.45, 7) is 4.58. The molecule has 0 aromatic carbocycles. The average molecular weight is 267 g/mol. The predicted molar refractivity (Wildman–Crippen MR) is 77.9 cm³/mol. The molecule has 2 rings (SSSR count). The molecule has 1 amide bonds. The van der Waals surface area contributed by atoms with Crippen LogP contribution in [-0.4, -0.2) is 55.5 Å². The lowest BCUT2D eigenvalue weighted by Gasteiger charge is -2.37. The van der Waals surface area contributed by atoms with E-state index in [1.54, 1.807) is 0 Å². The van der Waals surface area contributed by atoms with E-state index in [2.05, 4.69) is 16.8 Å². The third kappa shape index (κ3) is 3.93. The van der Waals surface area contributed by atoms with Crippen molar-refractivity contribution in [2.75, 3.05) is 39.8 Å². The highest BCUT2D eigenvalue weighted by atomic mass is 16.2. The molecule has 1 heterocycles. The summed E-state index contributed by atoms with van der Waals surface area (Å²) in [5.74, 6) is 0.336. The van der Waals surface area contributed by atoms with Crippen molar-refractivity contribution in [2.24, 2.45) is 11.1 Å². The Morgan fingerprint density at radius 2 is 1.79 bits per heavy atom. The maximum absolute atomic E-state index is 12.5. The van der Waals surface area contributed by atoms with Gasteiger partial charge in [-0.1, -0.05) is 19.3 Å². The quantitative estimate of drug-likeness (QED) is 0.842. The number of rotatable bonds is 3. The van der Waals surface area contributed by atoms with E-state index in [1.807, 2.05) is 0 Å². The first-order chi connectivity index (χ1) is 9.15. The molecule has 19 heavy (non-hydrogen) atoms. The van der Waals surface area contributed by atoms with E-state index in [-0.39, 0.29) is 5.41 Å². The van der Waals surface area contributed by atoms with Gasteiger partial charge >= 0.3 is 0 Å². The molecule has 1 aliphatic carbocycles. The van der Waals surface area contributed by atoms with Crippen LogP contribution in [-0.2, 0) is 4.79 Å². The first-order valence-electron chi connectivity index (χ1n) is 7.82. The summed E-state index contributed by atoms with van der Waals surface area (Å²) < 4.78 is 0. The van der Waals surface area contributed by atoms with Gasteiger partial charge in [-0.3, -0.25) is 4.79 Å². The van der Waals surface area contributed by atoms with Crippen molar-refractivity contribution in [3.05, 3.63) is 0 Å². The fourth-order valence-corrected chi connectivity index (χ4v) is 3.48. The number of amides is 1. The lowest BCUT2D eigenvalue weighted by molar-refractivity contribution is -0.134. The first kappa shape index (κ1) is 14.8. The van der Waals surface area contributed by atoms with Crippen molar-refractivity contribution in [3.8, 4) is 0 Å². The molecule has 0 unspecified atom stereocenters. The Balaban J connectivity index is 1.91. The Hall–Kier alpha value is -0.610. The minimum Gasteiger partial charge on any atom is -0.341 e. The molecule has 2 N–H and O–H groups in total. The van der Waals surface area contributed by atoms with Gasteiger partial charge in [-0.15, -0.1) is 0 Å². The van der Waals surface area contributed by atoms with Gasteiger partial charge in [0.1, 0.15) is 0 Å². The van der Waals surface area contributed by atoms with Gasteiger partial charge < -0.3 is 15.5 Å². The maximum Gasteiger partial charge on any atom is 0.223 e. The summed E-state index contributed by atoms with van der Waals surface area (Å²) in [7, 11) is 2.14. The van der Waals surface area contributed by atoms with E-state index in [4.69, 9.17) is 5.73 Å². The number of likely N-dealkylation sites (N-methyl/N-ethyl adjacent to an activating group) is 1. The van der Waals surface area contributed by atoms with Gasteiger partial charge in [0.2, 0.25) is 5.91 Å². The summed E-state index contributed by atoms with van der Waals surface area (Å²) in [6, 6.07) is 0. The zero-order valence-corrected chi connectivity index (χ0v) is 12.4. The van der Waals surface area contributed by atoms with Crippen LogP contribution in [0.3, 0.4) is 0 Å². The Morgan fingerprint density at radius 3 is 2.47 bits per heavy atom. The molecule has 4 heteroatoms. The van der Waals surface area contributed by atoms with E-state index >= 15 is 0 Å². The number of hydrogen-bond acceptors (Lipinski definition) is 3. The molecular weight excluding hydrogens is 238 g/mol. The smallest absolute Gasteiger partial charge is 0.223 e. The highest BCUT2D eigenvalue weighted by Crippen LogP contribution is 2.38. The third-order valence-electron chi connectivity index (χ3n) is 4.95. The largest absolute Gasteiger partial charge is 0.341 e. The standard InChI is InChI=1S/C15H29N3O/c1-17-8-5-9-18(11-10-17)14(19)12-15(13-16)6-3-2-4-7-15/h2-13,16H2,1H3. The summed E-state index contributed by atoms with van der Waals surface area (Å²) in [5.41, 5.74) is 6.09. The van der Waals surface area contributed by atoms with Crippen LogP contribution in [0, 0.1) is 5.41 Å². The minimum atomic E-state index is 0.105. The number of carbonyl (C=O) groups excluding carboxylic acids is 1. The van der Waals surface area contributed by atoms with Gasteiger partial charge in [0.25, 0.3) is 0 Å². The molecule has 0 aromatic heterocycles. The van der Waals surface area contributed by atoms with Gasteiger partial charge in [0, 0.05) is 26.1 Å². The molecule has 1 aliphatic heterocycles. The summed E-state index contributed by atoms with van der Waals surface area (Å²) in [6.07, 6.45) is 7.85. The first-order valence-corrected chi connectivity index (χ1v) is 7.82. The molecule has 0 radical (unpaired) electrons. The summed E-state index contributed by atoms with van der Waals surface area (Å²) in [4.78, 5) is 16.9. The topological polar surface area (TPSA) is 49.6 Å². The third-order valence-corrected chi connectivity index (χ3v) is 4.95. The van der Waals surface area contributed by atoms with Crippen LogP contribution in [0.15, 0.2) is 0 Å². The summed E-state index contributed by atoms with van der Waals surface area (Å²) >= 11 is 0. The molecule has 0 spiro atoms. The van der Waals surface area contributed by atoms with Crippen LogP contribution in [0.25, 0.3) is 0 Å². The molecule has 110 valence electrons. The molecule has 4 nitrogen and oxygen atoms in total. The highest BCUT2D eigenvalue weighted by molar-refractivity contribution is 5.77. The molecule has 2 fully saturated rings. The Morgan fingerprint density at radius 1 is 1.05 bits per heavy atom.